The van der Waals surface area contributed by atoms with Crippen molar-refractivity contribution in [2.45, 2.75) is 88.0 Å². The van der Waals surface area contributed by atoms with Crippen molar-refractivity contribution in [3.63, 3.8) is 0 Å². The van der Waals surface area contributed by atoms with Gasteiger partial charge >= 0.3 is 0 Å². The summed E-state index contributed by atoms with van der Waals surface area (Å²) in [6.45, 7) is 3.89. The van der Waals surface area contributed by atoms with Crippen molar-refractivity contribution in [2.75, 3.05) is 6.54 Å². The molecule has 0 radical (unpaired) electrons. The zero-order chi connectivity index (χ0) is 21.9. The number of nitrogens with one attached hydrogen (secondary N) is 1. The number of hydrogen-bond acceptors (Lipinski definition) is 6. The van der Waals surface area contributed by atoms with Crippen LogP contribution in [0.5, 0.6) is 0 Å². The molecule has 4 N–H and O–H groups in total. The number of aliphatic hydroxyl groups excluding tert-OH is 1. The lowest BCUT2D eigenvalue weighted by Gasteiger charge is -2.29. The maximum atomic E-state index is 13.0. The van der Waals surface area contributed by atoms with Crippen LogP contribution in [0.2, 0.25) is 0 Å². The monoisotopic (exact) mass is 438 g/mol. The molecule has 1 saturated heterocycles. The summed E-state index contributed by atoms with van der Waals surface area (Å²) in [5.41, 5.74) is 6.27. The Morgan fingerprint density at radius 1 is 1.37 bits per heavy atom. The summed E-state index contributed by atoms with van der Waals surface area (Å²) in [6, 6.07) is 3.23. The lowest BCUT2D eigenvalue weighted by Crippen LogP contribution is -2.52. The number of nitrogens with two attached hydrogens (primary N) is 1. The van der Waals surface area contributed by atoms with Crippen LogP contribution in [0.15, 0.2) is 29.4 Å². The third-order valence-corrected chi connectivity index (χ3v) is 8.51. The summed E-state index contributed by atoms with van der Waals surface area (Å²) in [4.78, 5) is 16.7. The Morgan fingerprint density at radius 2 is 2.07 bits per heavy atom. The summed E-state index contributed by atoms with van der Waals surface area (Å²) < 4.78 is 27.3. The SMILES string of the molecule is C[C@@H]1CC[C@H](NC(=O)C(N)CC2(C)CCCC2)[C@H](O)CN1S(=O)(=O)c1ccccn1. The second kappa shape index (κ2) is 9.30. The van der Waals surface area contributed by atoms with Crippen LogP contribution < -0.4 is 11.1 Å². The van der Waals surface area contributed by atoms with Crippen LogP contribution in [0, 0.1) is 5.41 Å². The first kappa shape index (κ1) is 23.1. The van der Waals surface area contributed by atoms with Crippen molar-refractivity contribution in [2.24, 2.45) is 11.1 Å². The summed E-state index contributed by atoms with van der Waals surface area (Å²) in [6.07, 6.45) is 6.53. The number of rotatable bonds is 6. The second-order valence-electron chi connectivity index (χ2n) is 9.18. The molecule has 1 unspecified atom stereocenters. The van der Waals surface area contributed by atoms with Gasteiger partial charge in [-0.05, 0) is 56.6 Å². The van der Waals surface area contributed by atoms with Gasteiger partial charge in [0.1, 0.15) is 0 Å². The molecule has 3 rings (SSSR count). The van der Waals surface area contributed by atoms with E-state index in [0.717, 1.165) is 12.8 Å². The number of carbonyl (C=O) groups is 1. The number of nitrogens with zero attached hydrogens (tertiary/aromatic N) is 2. The fraction of sp³-hybridized carbons (Fsp3) is 0.714. The van der Waals surface area contributed by atoms with E-state index >= 15 is 0 Å². The molecule has 8 nitrogen and oxygen atoms in total. The van der Waals surface area contributed by atoms with E-state index in [9.17, 15) is 18.3 Å². The molecule has 2 aliphatic rings. The molecule has 168 valence electrons. The van der Waals surface area contributed by atoms with Gasteiger partial charge in [0.2, 0.25) is 5.91 Å². The number of sulfonamides is 1. The third-order valence-electron chi connectivity index (χ3n) is 6.62. The van der Waals surface area contributed by atoms with Crippen molar-refractivity contribution < 1.29 is 18.3 Å². The molecule has 1 amide bonds. The highest BCUT2D eigenvalue weighted by Gasteiger charge is 2.38. The minimum absolute atomic E-state index is 0.0432. The maximum Gasteiger partial charge on any atom is 0.260 e. The van der Waals surface area contributed by atoms with E-state index in [0.29, 0.717) is 19.3 Å². The van der Waals surface area contributed by atoms with Gasteiger partial charge in [0.15, 0.2) is 5.03 Å². The Bertz CT molecular complexity index is 827. The predicted octanol–water partition coefficient (Wildman–Crippen LogP) is 1.40. The third kappa shape index (κ3) is 5.19. The van der Waals surface area contributed by atoms with Crippen molar-refractivity contribution in [3.8, 4) is 0 Å². The zero-order valence-corrected chi connectivity index (χ0v) is 18.6. The van der Waals surface area contributed by atoms with Crippen LogP contribution >= 0.6 is 0 Å². The van der Waals surface area contributed by atoms with E-state index in [2.05, 4.69) is 17.2 Å². The van der Waals surface area contributed by atoms with Gasteiger partial charge in [0.25, 0.3) is 10.0 Å². The average molecular weight is 439 g/mol. The lowest BCUT2D eigenvalue weighted by atomic mass is 9.82. The molecule has 0 aromatic carbocycles. The van der Waals surface area contributed by atoms with Crippen LogP contribution in [0.4, 0.5) is 0 Å². The van der Waals surface area contributed by atoms with Crippen LogP contribution in [0.3, 0.4) is 0 Å². The largest absolute Gasteiger partial charge is 0.390 e. The fourth-order valence-electron chi connectivity index (χ4n) is 4.72. The van der Waals surface area contributed by atoms with Crippen molar-refractivity contribution in [3.05, 3.63) is 24.4 Å². The van der Waals surface area contributed by atoms with Gasteiger partial charge < -0.3 is 16.2 Å². The lowest BCUT2D eigenvalue weighted by molar-refractivity contribution is -0.124. The molecule has 1 aliphatic carbocycles. The quantitative estimate of drug-likeness (QED) is 0.616. The molecule has 9 heteroatoms. The summed E-state index contributed by atoms with van der Waals surface area (Å²) in [5, 5.41) is 13.6. The molecule has 1 aromatic rings. The number of carbonyl (C=O) groups excluding carboxylic acids is 1. The molecule has 0 spiro atoms. The van der Waals surface area contributed by atoms with E-state index in [1.165, 1.54) is 29.4 Å². The molecule has 30 heavy (non-hydrogen) atoms. The molecule has 2 fully saturated rings. The van der Waals surface area contributed by atoms with E-state index in [1.807, 2.05) is 6.92 Å². The molecular formula is C21H34N4O4S. The Hall–Kier alpha value is -1.55. The summed E-state index contributed by atoms with van der Waals surface area (Å²) in [5.74, 6) is -0.277. The van der Waals surface area contributed by atoms with E-state index in [1.54, 1.807) is 12.1 Å². The van der Waals surface area contributed by atoms with Crippen molar-refractivity contribution >= 4 is 15.9 Å². The highest BCUT2D eigenvalue weighted by Crippen LogP contribution is 2.41. The summed E-state index contributed by atoms with van der Waals surface area (Å²) >= 11 is 0. The smallest absolute Gasteiger partial charge is 0.260 e. The number of pyridine rings is 1. The molecular weight excluding hydrogens is 404 g/mol. The Labute approximate surface area is 179 Å². The van der Waals surface area contributed by atoms with Crippen molar-refractivity contribution in [1.29, 1.82) is 0 Å². The van der Waals surface area contributed by atoms with Gasteiger partial charge in [-0.25, -0.2) is 13.4 Å². The molecule has 4 atom stereocenters. The number of β-amino-alcohol motifs (C(OH)–C–C–N with tert-alkyl or cyclic N) is 1. The van der Waals surface area contributed by atoms with Gasteiger partial charge in [-0.1, -0.05) is 25.8 Å². The maximum absolute atomic E-state index is 13.0. The minimum atomic E-state index is -3.83. The van der Waals surface area contributed by atoms with Crippen LogP contribution in [-0.2, 0) is 14.8 Å². The standard InChI is InChI=1S/C21H34N4O4S/c1-15-8-9-17(24-20(27)16(22)13-21(2)10-4-5-11-21)18(26)14-25(15)30(28,29)19-7-3-6-12-23-19/h3,6-7,12,15-18,26H,4-5,8-11,13-14,22H2,1-2H3,(H,24,27)/t15-,16?,17+,18-/m1/s1. The topological polar surface area (TPSA) is 126 Å². The first-order chi connectivity index (χ1) is 14.1. The average Bonchev–Trinajstić information content (AvgIpc) is 3.08. The Kier molecular flexibility index (Phi) is 7.16. The van der Waals surface area contributed by atoms with E-state index < -0.39 is 28.2 Å². The number of amides is 1. The van der Waals surface area contributed by atoms with E-state index in [-0.39, 0.29) is 28.9 Å². The van der Waals surface area contributed by atoms with Gasteiger partial charge in [-0.3, -0.25) is 4.79 Å². The van der Waals surface area contributed by atoms with Crippen LogP contribution in [0.25, 0.3) is 0 Å². The van der Waals surface area contributed by atoms with Crippen LogP contribution in [0.1, 0.15) is 58.8 Å². The second-order valence-corrected chi connectivity index (χ2v) is 11.0. The fourth-order valence-corrected chi connectivity index (χ4v) is 6.33. The zero-order valence-electron chi connectivity index (χ0n) is 17.8. The van der Waals surface area contributed by atoms with Gasteiger partial charge in [0, 0.05) is 18.8 Å². The predicted molar refractivity (Wildman–Crippen MR) is 114 cm³/mol. The molecule has 1 aliphatic heterocycles. The number of aliphatic hydroxyl groups is 1. The number of aromatic nitrogens is 1. The van der Waals surface area contributed by atoms with E-state index in [4.69, 9.17) is 5.73 Å². The highest BCUT2D eigenvalue weighted by atomic mass is 32.2. The Morgan fingerprint density at radius 3 is 2.70 bits per heavy atom. The summed E-state index contributed by atoms with van der Waals surface area (Å²) in [7, 11) is -3.83. The molecule has 0 bridgehead atoms. The van der Waals surface area contributed by atoms with Gasteiger partial charge in [-0.2, -0.15) is 4.31 Å². The highest BCUT2D eigenvalue weighted by molar-refractivity contribution is 7.89. The molecule has 1 saturated carbocycles. The number of hydrogen-bond donors (Lipinski definition) is 3. The molecule has 1 aromatic heterocycles. The Balaban J connectivity index is 1.65. The van der Waals surface area contributed by atoms with Gasteiger partial charge in [0.05, 0.1) is 18.2 Å². The van der Waals surface area contributed by atoms with Crippen LogP contribution in [-0.4, -0.2) is 59.5 Å². The van der Waals surface area contributed by atoms with Gasteiger partial charge in [-0.15, -0.1) is 0 Å². The minimum Gasteiger partial charge on any atom is -0.390 e. The molecule has 2 heterocycles. The first-order valence-corrected chi connectivity index (χ1v) is 12.2. The first-order valence-electron chi connectivity index (χ1n) is 10.8. The van der Waals surface area contributed by atoms with Crippen molar-refractivity contribution in [1.82, 2.24) is 14.6 Å². The normalized spacial score (nSPS) is 28.6.